The van der Waals surface area contributed by atoms with E-state index < -0.39 is 5.97 Å². The minimum atomic E-state index is -0.904. The molecular formula is C13H14N2O2. The Balaban J connectivity index is 2.30. The summed E-state index contributed by atoms with van der Waals surface area (Å²) in [5.41, 5.74) is 1.87. The molecule has 0 unspecified atom stereocenters. The summed E-state index contributed by atoms with van der Waals surface area (Å²) in [5, 5.41) is 9.16. The van der Waals surface area contributed by atoms with Gasteiger partial charge in [0, 0.05) is 12.5 Å². The molecule has 0 bridgehead atoms. The fourth-order valence-corrected chi connectivity index (χ4v) is 2.32. The van der Waals surface area contributed by atoms with Gasteiger partial charge in [0.2, 0.25) is 0 Å². The van der Waals surface area contributed by atoms with Gasteiger partial charge in [0.25, 0.3) is 0 Å². The SMILES string of the molecule is CCn1c(C2CC2)nc2c(C(=O)O)cccc21. The van der Waals surface area contributed by atoms with Gasteiger partial charge in [-0.1, -0.05) is 6.07 Å². The summed E-state index contributed by atoms with van der Waals surface area (Å²) in [6.07, 6.45) is 2.34. The van der Waals surface area contributed by atoms with Crippen LogP contribution in [0.1, 0.15) is 41.9 Å². The van der Waals surface area contributed by atoms with Crippen molar-refractivity contribution in [1.29, 1.82) is 0 Å². The minimum absolute atomic E-state index is 0.302. The lowest BCUT2D eigenvalue weighted by Crippen LogP contribution is -2.00. The molecule has 1 aromatic heterocycles. The summed E-state index contributed by atoms with van der Waals surface area (Å²) < 4.78 is 2.14. The summed E-state index contributed by atoms with van der Waals surface area (Å²) in [6, 6.07) is 5.36. The number of rotatable bonds is 3. The molecule has 0 amide bonds. The molecule has 1 heterocycles. The van der Waals surface area contributed by atoms with Gasteiger partial charge >= 0.3 is 5.97 Å². The fraction of sp³-hybridized carbons (Fsp3) is 0.385. The molecule has 0 saturated heterocycles. The van der Waals surface area contributed by atoms with Crippen LogP contribution in [0.4, 0.5) is 0 Å². The van der Waals surface area contributed by atoms with E-state index in [-0.39, 0.29) is 0 Å². The Morgan fingerprint density at radius 1 is 1.53 bits per heavy atom. The lowest BCUT2D eigenvalue weighted by Gasteiger charge is -2.04. The third kappa shape index (κ3) is 1.52. The van der Waals surface area contributed by atoms with E-state index in [9.17, 15) is 4.79 Å². The van der Waals surface area contributed by atoms with Gasteiger partial charge in [0.15, 0.2) is 0 Å². The number of imidazole rings is 1. The molecule has 4 nitrogen and oxygen atoms in total. The van der Waals surface area contributed by atoms with Gasteiger partial charge in [-0.25, -0.2) is 9.78 Å². The van der Waals surface area contributed by atoms with Crippen molar-refractivity contribution in [3.8, 4) is 0 Å². The quantitative estimate of drug-likeness (QED) is 0.881. The zero-order chi connectivity index (χ0) is 12.0. The number of aromatic nitrogens is 2. The molecule has 17 heavy (non-hydrogen) atoms. The van der Waals surface area contributed by atoms with Crippen molar-refractivity contribution in [3.05, 3.63) is 29.6 Å². The van der Waals surface area contributed by atoms with Crippen LogP contribution in [0, 0.1) is 0 Å². The van der Waals surface area contributed by atoms with Crippen LogP contribution in [-0.4, -0.2) is 20.6 Å². The summed E-state index contributed by atoms with van der Waals surface area (Å²) in [7, 11) is 0. The summed E-state index contributed by atoms with van der Waals surface area (Å²) >= 11 is 0. The van der Waals surface area contributed by atoms with Crippen molar-refractivity contribution in [2.45, 2.75) is 32.2 Å². The highest BCUT2D eigenvalue weighted by molar-refractivity contribution is 6.01. The zero-order valence-corrected chi connectivity index (χ0v) is 9.68. The Labute approximate surface area is 98.9 Å². The van der Waals surface area contributed by atoms with Crippen LogP contribution in [0.25, 0.3) is 11.0 Å². The van der Waals surface area contributed by atoms with Gasteiger partial charge in [-0.2, -0.15) is 0 Å². The number of benzene rings is 1. The average molecular weight is 230 g/mol. The van der Waals surface area contributed by atoms with Gasteiger partial charge in [0.1, 0.15) is 11.3 Å². The molecule has 88 valence electrons. The highest BCUT2D eigenvalue weighted by Crippen LogP contribution is 2.40. The molecule has 1 aliphatic rings. The van der Waals surface area contributed by atoms with E-state index in [2.05, 4.69) is 16.5 Å². The number of carboxylic acid groups (broad SMARTS) is 1. The highest BCUT2D eigenvalue weighted by atomic mass is 16.4. The van der Waals surface area contributed by atoms with E-state index in [1.165, 1.54) is 12.8 Å². The Hall–Kier alpha value is -1.84. The molecular weight excluding hydrogens is 216 g/mol. The second kappa shape index (κ2) is 3.58. The first kappa shape index (κ1) is 10.3. The van der Waals surface area contributed by atoms with Gasteiger partial charge in [-0.05, 0) is 31.9 Å². The number of hydrogen-bond acceptors (Lipinski definition) is 2. The lowest BCUT2D eigenvalue weighted by atomic mass is 10.2. The number of fused-ring (bicyclic) bond motifs is 1. The normalized spacial score (nSPS) is 15.4. The molecule has 1 aromatic carbocycles. The van der Waals surface area contributed by atoms with Crippen LogP contribution in [-0.2, 0) is 6.54 Å². The Morgan fingerprint density at radius 3 is 2.88 bits per heavy atom. The van der Waals surface area contributed by atoms with E-state index in [1.54, 1.807) is 12.1 Å². The number of hydrogen-bond donors (Lipinski definition) is 1. The van der Waals surface area contributed by atoms with Crippen molar-refractivity contribution >= 4 is 17.0 Å². The molecule has 1 N–H and O–H groups in total. The maximum atomic E-state index is 11.2. The molecule has 1 fully saturated rings. The molecule has 4 heteroatoms. The third-order valence-corrected chi connectivity index (χ3v) is 3.30. The van der Waals surface area contributed by atoms with Crippen LogP contribution in [0.3, 0.4) is 0 Å². The van der Waals surface area contributed by atoms with Crippen LogP contribution < -0.4 is 0 Å². The number of nitrogens with zero attached hydrogens (tertiary/aromatic N) is 2. The highest BCUT2D eigenvalue weighted by Gasteiger charge is 2.30. The summed E-state index contributed by atoms with van der Waals surface area (Å²) in [4.78, 5) is 15.7. The van der Waals surface area contributed by atoms with E-state index >= 15 is 0 Å². The molecule has 0 atom stereocenters. The van der Waals surface area contributed by atoms with Crippen LogP contribution in [0.15, 0.2) is 18.2 Å². The number of para-hydroxylation sites is 1. The number of carboxylic acids is 1. The Morgan fingerprint density at radius 2 is 2.29 bits per heavy atom. The standard InChI is InChI=1S/C13H14N2O2/c1-2-15-10-5-3-4-9(13(16)17)11(10)14-12(15)8-6-7-8/h3-5,8H,2,6-7H2,1H3,(H,16,17). The van der Waals surface area contributed by atoms with E-state index in [0.29, 0.717) is 17.0 Å². The van der Waals surface area contributed by atoms with Crippen molar-refractivity contribution in [1.82, 2.24) is 9.55 Å². The van der Waals surface area contributed by atoms with E-state index in [0.717, 1.165) is 17.9 Å². The van der Waals surface area contributed by atoms with Crippen molar-refractivity contribution < 1.29 is 9.90 Å². The van der Waals surface area contributed by atoms with Gasteiger partial charge in [0.05, 0.1) is 11.1 Å². The Kier molecular flexibility index (Phi) is 2.18. The number of carbonyl (C=O) groups is 1. The van der Waals surface area contributed by atoms with Crippen LogP contribution in [0.2, 0.25) is 0 Å². The molecule has 3 rings (SSSR count). The maximum absolute atomic E-state index is 11.2. The lowest BCUT2D eigenvalue weighted by molar-refractivity contribution is 0.0699. The smallest absolute Gasteiger partial charge is 0.337 e. The summed E-state index contributed by atoms with van der Waals surface area (Å²) in [6.45, 7) is 2.91. The molecule has 1 saturated carbocycles. The monoisotopic (exact) mass is 230 g/mol. The minimum Gasteiger partial charge on any atom is -0.478 e. The average Bonchev–Trinajstić information content (AvgIpc) is 3.08. The first-order valence-corrected chi connectivity index (χ1v) is 5.94. The fourth-order valence-electron chi connectivity index (χ4n) is 2.32. The largest absolute Gasteiger partial charge is 0.478 e. The third-order valence-electron chi connectivity index (χ3n) is 3.30. The number of aromatic carboxylic acids is 1. The molecule has 0 spiro atoms. The molecule has 1 aliphatic carbocycles. The zero-order valence-electron chi connectivity index (χ0n) is 9.68. The Bertz CT molecular complexity index is 597. The molecule has 0 radical (unpaired) electrons. The van der Waals surface area contributed by atoms with Gasteiger partial charge < -0.3 is 9.67 Å². The second-order valence-corrected chi connectivity index (χ2v) is 4.47. The van der Waals surface area contributed by atoms with Gasteiger partial charge in [-0.3, -0.25) is 0 Å². The van der Waals surface area contributed by atoms with Gasteiger partial charge in [-0.15, -0.1) is 0 Å². The predicted molar refractivity (Wildman–Crippen MR) is 64.3 cm³/mol. The summed E-state index contributed by atoms with van der Waals surface area (Å²) in [5.74, 6) is 0.680. The number of aryl methyl sites for hydroxylation is 1. The maximum Gasteiger partial charge on any atom is 0.337 e. The first-order valence-electron chi connectivity index (χ1n) is 5.94. The van der Waals surface area contributed by atoms with E-state index in [4.69, 9.17) is 5.11 Å². The predicted octanol–water partition coefficient (Wildman–Crippen LogP) is 2.63. The first-order chi connectivity index (χ1) is 8.22. The van der Waals surface area contributed by atoms with Crippen molar-refractivity contribution in [3.63, 3.8) is 0 Å². The van der Waals surface area contributed by atoms with Crippen LogP contribution >= 0.6 is 0 Å². The topological polar surface area (TPSA) is 55.1 Å². The molecule has 0 aliphatic heterocycles. The molecule has 2 aromatic rings. The van der Waals surface area contributed by atoms with Crippen molar-refractivity contribution in [2.24, 2.45) is 0 Å². The second-order valence-electron chi connectivity index (χ2n) is 4.47. The van der Waals surface area contributed by atoms with E-state index in [1.807, 2.05) is 6.07 Å². The van der Waals surface area contributed by atoms with Crippen molar-refractivity contribution in [2.75, 3.05) is 0 Å². The van der Waals surface area contributed by atoms with Crippen LogP contribution in [0.5, 0.6) is 0 Å².